The highest BCUT2D eigenvalue weighted by molar-refractivity contribution is 6.31. The van der Waals surface area contributed by atoms with Gasteiger partial charge in [0.05, 0.1) is 7.11 Å². The maximum atomic E-state index is 10.7. The van der Waals surface area contributed by atoms with Crippen molar-refractivity contribution in [3.63, 3.8) is 0 Å². The van der Waals surface area contributed by atoms with Gasteiger partial charge in [-0.15, -0.1) is 0 Å². The molecule has 0 aliphatic heterocycles. The van der Waals surface area contributed by atoms with Gasteiger partial charge in [-0.05, 0) is 24.1 Å². The number of rotatable bonds is 4. The zero-order valence-electron chi connectivity index (χ0n) is 10.7. The fourth-order valence-corrected chi connectivity index (χ4v) is 2.18. The zero-order valence-corrected chi connectivity index (χ0v) is 11.4. The quantitative estimate of drug-likeness (QED) is 0.777. The van der Waals surface area contributed by atoms with Crippen molar-refractivity contribution < 1.29 is 9.53 Å². The van der Waals surface area contributed by atoms with E-state index in [1.54, 1.807) is 13.2 Å². The molecule has 98 valence electrons. The number of aldehydes is 1. The lowest BCUT2D eigenvalue weighted by Crippen LogP contribution is -2.00. The molecule has 0 fully saturated rings. The van der Waals surface area contributed by atoms with E-state index >= 15 is 0 Å². The van der Waals surface area contributed by atoms with Crippen molar-refractivity contribution in [1.29, 1.82) is 0 Å². The predicted molar refractivity (Wildman–Crippen MR) is 78.2 cm³/mol. The van der Waals surface area contributed by atoms with Gasteiger partial charge in [-0.3, -0.25) is 4.79 Å². The number of carbonyl (C=O) groups is 1. The van der Waals surface area contributed by atoms with E-state index in [-0.39, 0.29) is 5.92 Å². The van der Waals surface area contributed by atoms with Crippen LogP contribution in [-0.4, -0.2) is 13.4 Å². The van der Waals surface area contributed by atoms with Crippen molar-refractivity contribution in [2.24, 2.45) is 5.92 Å². The lowest BCUT2D eigenvalue weighted by atomic mass is 9.96. The molecule has 0 heterocycles. The van der Waals surface area contributed by atoms with Gasteiger partial charge in [0, 0.05) is 16.5 Å². The summed E-state index contributed by atoms with van der Waals surface area (Å²) in [6, 6.07) is 7.84. The molecule has 0 saturated heterocycles. The SMILES string of the molecule is COc1ccc(/C=C/C2C=CC(C=O)=C(Cl)C2)cc1. The van der Waals surface area contributed by atoms with Crippen LogP contribution in [0.5, 0.6) is 5.75 Å². The highest BCUT2D eigenvalue weighted by Crippen LogP contribution is 2.27. The number of hydrogen-bond donors (Lipinski definition) is 0. The monoisotopic (exact) mass is 274 g/mol. The lowest BCUT2D eigenvalue weighted by molar-refractivity contribution is -0.104. The molecule has 19 heavy (non-hydrogen) atoms. The Morgan fingerprint density at radius 2 is 2.05 bits per heavy atom. The highest BCUT2D eigenvalue weighted by Gasteiger charge is 2.12. The Morgan fingerprint density at radius 1 is 1.32 bits per heavy atom. The second-order valence-corrected chi connectivity index (χ2v) is 4.79. The second kappa shape index (κ2) is 6.39. The second-order valence-electron chi connectivity index (χ2n) is 4.34. The minimum Gasteiger partial charge on any atom is -0.497 e. The van der Waals surface area contributed by atoms with Gasteiger partial charge >= 0.3 is 0 Å². The first kappa shape index (κ1) is 13.6. The summed E-state index contributed by atoms with van der Waals surface area (Å²) >= 11 is 6.05. The lowest BCUT2D eigenvalue weighted by Gasteiger charge is -2.13. The maximum absolute atomic E-state index is 10.7. The third kappa shape index (κ3) is 3.58. The van der Waals surface area contributed by atoms with Crippen LogP contribution >= 0.6 is 11.6 Å². The fourth-order valence-electron chi connectivity index (χ4n) is 1.90. The van der Waals surface area contributed by atoms with Crippen molar-refractivity contribution in [2.45, 2.75) is 6.42 Å². The van der Waals surface area contributed by atoms with Gasteiger partial charge in [0.1, 0.15) is 5.75 Å². The number of halogens is 1. The van der Waals surface area contributed by atoms with Crippen LogP contribution in [0.15, 0.2) is 53.1 Å². The van der Waals surface area contributed by atoms with E-state index in [4.69, 9.17) is 16.3 Å². The fraction of sp³-hybridized carbons (Fsp3) is 0.188. The molecular formula is C16H15ClO2. The van der Waals surface area contributed by atoms with Crippen LogP contribution in [0.25, 0.3) is 6.08 Å². The molecule has 1 atom stereocenters. The van der Waals surface area contributed by atoms with E-state index in [9.17, 15) is 4.79 Å². The molecule has 1 unspecified atom stereocenters. The average molecular weight is 275 g/mol. The number of carbonyl (C=O) groups excluding carboxylic acids is 1. The van der Waals surface area contributed by atoms with Crippen molar-refractivity contribution in [2.75, 3.05) is 7.11 Å². The Kier molecular flexibility index (Phi) is 4.58. The van der Waals surface area contributed by atoms with Crippen LogP contribution in [0.1, 0.15) is 12.0 Å². The van der Waals surface area contributed by atoms with Gasteiger partial charge in [0.2, 0.25) is 0 Å². The molecule has 3 heteroatoms. The van der Waals surface area contributed by atoms with Crippen LogP contribution < -0.4 is 4.74 Å². The van der Waals surface area contributed by atoms with Crippen molar-refractivity contribution in [3.05, 3.63) is 58.7 Å². The molecule has 1 aliphatic rings. The Labute approximate surface area is 118 Å². The van der Waals surface area contributed by atoms with Crippen LogP contribution in [0.2, 0.25) is 0 Å². The highest BCUT2D eigenvalue weighted by atomic mass is 35.5. The molecule has 2 rings (SSSR count). The van der Waals surface area contributed by atoms with Gasteiger partial charge < -0.3 is 4.74 Å². The molecule has 2 nitrogen and oxygen atoms in total. The summed E-state index contributed by atoms with van der Waals surface area (Å²) in [7, 11) is 1.65. The molecule has 1 aromatic rings. The third-order valence-corrected chi connectivity index (χ3v) is 3.40. The van der Waals surface area contributed by atoms with Gasteiger partial charge in [0.15, 0.2) is 6.29 Å². The molecule has 0 N–H and O–H groups in total. The van der Waals surface area contributed by atoms with Gasteiger partial charge in [-0.1, -0.05) is 48.0 Å². The minimum absolute atomic E-state index is 0.235. The molecule has 0 radical (unpaired) electrons. The summed E-state index contributed by atoms with van der Waals surface area (Å²) in [5, 5.41) is 0.627. The number of methoxy groups -OCH3 is 1. The molecule has 1 aromatic carbocycles. The van der Waals surface area contributed by atoms with E-state index in [0.29, 0.717) is 17.0 Å². The number of allylic oxidation sites excluding steroid dienone is 5. The number of benzene rings is 1. The Hall–Kier alpha value is -1.80. The normalized spacial score (nSPS) is 18.9. The summed E-state index contributed by atoms with van der Waals surface area (Å²) in [4.78, 5) is 10.7. The van der Waals surface area contributed by atoms with E-state index in [1.165, 1.54) is 0 Å². The standard InChI is InChI=1S/C16H15ClO2/c1-19-15-8-5-12(6-9-15)2-3-13-4-7-14(11-18)16(17)10-13/h2-9,11,13H,10H2,1H3/b3-2+. The van der Waals surface area contributed by atoms with E-state index < -0.39 is 0 Å². The average Bonchev–Trinajstić information content (AvgIpc) is 2.46. The number of ether oxygens (including phenoxy) is 1. The first-order chi connectivity index (χ1) is 9.22. The third-order valence-electron chi connectivity index (χ3n) is 3.03. The molecule has 0 spiro atoms. The van der Waals surface area contributed by atoms with E-state index in [1.807, 2.05) is 36.4 Å². The molecule has 1 aliphatic carbocycles. The Bertz CT molecular complexity index is 538. The summed E-state index contributed by atoms with van der Waals surface area (Å²) in [6.45, 7) is 0. The van der Waals surface area contributed by atoms with Crippen LogP contribution in [0.4, 0.5) is 0 Å². The van der Waals surface area contributed by atoms with Gasteiger partial charge in [-0.2, -0.15) is 0 Å². The topological polar surface area (TPSA) is 26.3 Å². The van der Waals surface area contributed by atoms with Crippen molar-refractivity contribution in [3.8, 4) is 5.75 Å². The zero-order chi connectivity index (χ0) is 13.7. The Morgan fingerprint density at radius 3 is 2.63 bits per heavy atom. The summed E-state index contributed by atoms with van der Waals surface area (Å²) in [5.74, 6) is 1.08. The van der Waals surface area contributed by atoms with Crippen LogP contribution in [0, 0.1) is 5.92 Å². The largest absolute Gasteiger partial charge is 0.497 e. The minimum atomic E-state index is 0.235. The maximum Gasteiger partial charge on any atom is 0.151 e. The van der Waals surface area contributed by atoms with Crippen molar-refractivity contribution in [1.82, 2.24) is 0 Å². The molecule has 0 saturated carbocycles. The molecule has 0 bridgehead atoms. The predicted octanol–water partition coefficient (Wildman–Crippen LogP) is 3.98. The smallest absolute Gasteiger partial charge is 0.151 e. The summed E-state index contributed by atoms with van der Waals surface area (Å²) in [6.07, 6.45) is 9.38. The van der Waals surface area contributed by atoms with Crippen LogP contribution in [0.3, 0.4) is 0 Å². The van der Waals surface area contributed by atoms with Crippen LogP contribution in [-0.2, 0) is 4.79 Å². The van der Waals surface area contributed by atoms with E-state index in [2.05, 4.69) is 6.08 Å². The molecule has 0 amide bonds. The Balaban J connectivity index is 2.02. The summed E-state index contributed by atoms with van der Waals surface area (Å²) in [5.41, 5.74) is 1.69. The molecular weight excluding hydrogens is 260 g/mol. The molecule has 0 aromatic heterocycles. The van der Waals surface area contributed by atoms with E-state index in [0.717, 1.165) is 17.6 Å². The van der Waals surface area contributed by atoms with Gasteiger partial charge in [0.25, 0.3) is 0 Å². The first-order valence-electron chi connectivity index (χ1n) is 6.07. The van der Waals surface area contributed by atoms with Gasteiger partial charge in [-0.25, -0.2) is 0 Å². The first-order valence-corrected chi connectivity index (χ1v) is 6.45. The summed E-state index contributed by atoms with van der Waals surface area (Å²) < 4.78 is 5.11. The number of hydrogen-bond acceptors (Lipinski definition) is 2. The van der Waals surface area contributed by atoms with Crippen molar-refractivity contribution >= 4 is 24.0 Å².